The van der Waals surface area contributed by atoms with Crippen LogP contribution < -0.4 is 15.0 Å². The molecule has 214 valence electrons. The van der Waals surface area contributed by atoms with E-state index in [1.807, 2.05) is 32.0 Å². The minimum Gasteiger partial charge on any atom is -0.480 e. The van der Waals surface area contributed by atoms with Crippen LogP contribution in [-0.2, 0) is 33.4 Å². The molecule has 2 fully saturated rings. The molecule has 0 spiro atoms. The first kappa shape index (κ1) is 28.4. The van der Waals surface area contributed by atoms with Crippen LogP contribution in [0.5, 0.6) is 11.5 Å². The maximum Gasteiger partial charge on any atom is 0.416 e. The maximum absolute atomic E-state index is 14.1. The average molecular weight is 567 g/mol. The number of para-hydroxylation sites is 1. The molecule has 2 heterocycles. The molecule has 0 saturated carbocycles. The number of carbonyl (C=O) groups is 3. The summed E-state index contributed by atoms with van der Waals surface area (Å²) in [5.74, 6) is -4.39. The zero-order chi connectivity index (χ0) is 29.7. The number of fused-ring (bicyclic) bond motifs is 1. The van der Waals surface area contributed by atoms with E-state index in [1.165, 1.54) is 19.1 Å². The van der Waals surface area contributed by atoms with Crippen molar-refractivity contribution in [1.29, 1.82) is 0 Å². The average Bonchev–Trinajstić information content (AvgIpc) is 3.40. The van der Waals surface area contributed by atoms with Crippen molar-refractivity contribution in [1.82, 2.24) is 5.32 Å². The number of aliphatic carboxylic acids is 1. The third-order valence-electron chi connectivity index (χ3n) is 8.03. The Morgan fingerprint density at radius 1 is 0.951 bits per heavy atom. The Morgan fingerprint density at radius 3 is 2.12 bits per heavy atom. The number of halogens is 3. The quantitative estimate of drug-likeness (QED) is 0.345. The van der Waals surface area contributed by atoms with Gasteiger partial charge in [-0.15, -0.1) is 0 Å². The largest absolute Gasteiger partial charge is 0.480 e. The van der Waals surface area contributed by atoms with Crippen molar-refractivity contribution in [3.63, 3.8) is 0 Å². The van der Waals surface area contributed by atoms with Gasteiger partial charge in [0.2, 0.25) is 11.8 Å². The van der Waals surface area contributed by atoms with Crippen LogP contribution in [0.2, 0.25) is 0 Å². The number of anilines is 1. The minimum absolute atomic E-state index is 0.0360. The third kappa shape index (κ3) is 4.76. The molecule has 0 bridgehead atoms. The van der Waals surface area contributed by atoms with Crippen molar-refractivity contribution in [3.8, 4) is 11.5 Å². The van der Waals surface area contributed by atoms with Crippen molar-refractivity contribution in [2.75, 3.05) is 4.90 Å². The lowest BCUT2D eigenvalue weighted by molar-refractivity contribution is -0.147. The highest BCUT2D eigenvalue weighted by Gasteiger charge is 2.67. The summed E-state index contributed by atoms with van der Waals surface area (Å²) in [6.45, 7) is 5.24. The van der Waals surface area contributed by atoms with Crippen LogP contribution in [0, 0.1) is 11.8 Å². The van der Waals surface area contributed by atoms with E-state index in [2.05, 4.69) is 5.32 Å². The number of aryl methyl sites for hydroxylation is 2. The lowest BCUT2D eigenvalue weighted by atomic mass is 9.80. The molecular formula is C31H29F3N2O5. The molecule has 2 aliphatic rings. The van der Waals surface area contributed by atoms with E-state index in [0.717, 1.165) is 28.2 Å². The Morgan fingerprint density at radius 2 is 1.54 bits per heavy atom. The van der Waals surface area contributed by atoms with Crippen molar-refractivity contribution in [2.24, 2.45) is 11.8 Å². The summed E-state index contributed by atoms with van der Waals surface area (Å²) in [6, 6.07) is 15.5. The SMILES string of the molecule is CCc1cccc(CC)c1N1C(=O)C2C(c3cccc(Oc4cccc(C(F)(F)F)c4)c3)NC(C)(C(=O)O)C2C1=O. The number of hydrogen-bond donors (Lipinski definition) is 2. The molecule has 41 heavy (non-hydrogen) atoms. The lowest BCUT2D eigenvalue weighted by Crippen LogP contribution is -2.53. The van der Waals surface area contributed by atoms with E-state index >= 15 is 0 Å². The van der Waals surface area contributed by atoms with Gasteiger partial charge < -0.3 is 9.84 Å². The number of alkyl halides is 3. The van der Waals surface area contributed by atoms with Crippen LogP contribution in [0.15, 0.2) is 66.7 Å². The van der Waals surface area contributed by atoms with E-state index in [0.29, 0.717) is 24.1 Å². The Kier molecular flexibility index (Phi) is 7.15. The summed E-state index contributed by atoms with van der Waals surface area (Å²) in [5, 5.41) is 13.2. The van der Waals surface area contributed by atoms with Gasteiger partial charge in [0.1, 0.15) is 17.0 Å². The Bertz CT molecular complexity index is 1520. The van der Waals surface area contributed by atoms with Gasteiger partial charge in [-0.1, -0.05) is 50.2 Å². The number of carboxylic acid groups (broad SMARTS) is 1. The number of amides is 2. The molecule has 10 heteroatoms. The Hall–Kier alpha value is -4.18. The fourth-order valence-corrected chi connectivity index (χ4v) is 5.99. The summed E-state index contributed by atoms with van der Waals surface area (Å²) in [6.07, 6.45) is -3.40. The van der Waals surface area contributed by atoms with Crippen LogP contribution >= 0.6 is 0 Å². The molecule has 4 atom stereocenters. The topological polar surface area (TPSA) is 95.9 Å². The predicted molar refractivity (Wildman–Crippen MR) is 145 cm³/mol. The van der Waals surface area contributed by atoms with Gasteiger partial charge in [-0.2, -0.15) is 13.2 Å². The van der Waals surface area contributed by atoms with E-state index in [4.69, 9.17) is 4.74 Å². The normalized spacial score (nSPS) is 24.0. The smallest absolute Gasteiger partial charge is 0.416 e. The standard InChI is InChI=1S/C31H29F3N2O5/c1-4-17-9-6-10-18(5-2)26(17)36-27(37)23-24(28(36)38)30(3,29(39)40)35-25(23)19-11-7-13-21(15-19)41-22-14-8-12-20(16-22)31(32,33)34/h6-16,23-25,35H,4-5H2,1-3H3,(H,39,40). The molecule has 0 aliphatic carbocycles. The van der Waals surface area contributed by atoms with Crippen molar-refractivity contribution in [3.05, 3.63) is 89.0 Å². The van der Waals surface area contributed by atoms with E-state index in [-0.39, 0.29) is 11.5 Å². The van der Waals surface area contributed by atoms with E-state index < -0.39 is 52.9 Å². The van der Waals surface area contributed by atoms with Crippen LogP contribution in [0.1, 0.15) is 49.1 Å². The maximum atomic E-state index is 14.1. The second-order valence-corrected chi connectivity index (χ2v) is 10.5. The number of hydrogen-bond acceptors (Lipinski definition) is 5. The van der Waals surface area contributed by atoms with Gasteiger partial charge in [-0.05, 0) is 66.8 Å². The molecule has 3 aromatic carbocycles. The van der Waals surface area contributed by atoms with Crippen LogP contribution in [0.4, 0.5) is 18.9 Å². The third-order valence-corrected chi connectivity index (χ3v) is 8.03. The molecule has 7 nitrogen and oxygen atoms in total. The highest BCUT2D eigenvalue weighted by Crippen LogP contribution is 2.51. The fourth-order valence-electron chi connectivity index (χ4n) is 5.99. The summed E-state index contributed by atoms with van der Waals surface area (Å²) < 4.78 is 45.3. The minimum atomic E-state index is -4.54. The molecular weight excluding hydrogens is 537 g/mol. The van der Waals surface area contributed by atoms with Gasteiger partial charge in [0.05, 0.1) is 23.1 Å². The summed E-state index contributed by atoms with van der Waals surface area (Å²) >= 11 is 0. The molecule has 2 saturated heterocycles. The first-order valence-corrected chi connectivity index (χ1v) is 13.4. The molecule has 2 N–H and O–H groups in total. The zero-order valence-electron chi connectivity index (χ0n) is 22.7. The van der Waals surface area contributed by atoms with Crippen molar-refractivity contribution >= 4 is 23.5 Å². The number of rotatable bonds is 7. The highest BCUT2D eigenvalue weighted by molar-refractivity contribution is 6.24. The second-order valence-electron chi connectivity index (χ2n) is 10.5. The van der Waals surface area contributed by atoms with Crippen LogP contribution in [0.25, 0.3) is 0 Å². The number of nitrogens with zero attached hydrogens (tertiary/aromatic N) is 1. The Balaban J connectivity index is 1.54. The highest BCUT2D eigenvalue weighted by atomic mass is 19.4. The molecule has 4 unspecified atom stereocenters. The van der Waals surface area contributed by atoms with Gasteiger partial charge in [0.15, 0.2) is 0 Å². The number of carbonyl (C=O) groups excluding carboxylic acids is 2. The van der Waals surface area contributed by atoms with Crippen molar-refractivity contribution in [2.45, 2.75) is 51.4 Å². The molecule has 5 rings (SSSR count). The van der Waals surface area contributed by atoms with Gasteiger partial charge in [-0.3, -0.25) is 19.7 Å². The number of benzene rings is 3. The second kappa shape index (κ2) is 10.3. The first-order chi connectivity index (χ1) is 19.4. The number of imide groups is 1. The van der Waals surface area contributed by atoms with Crippen LogP contribution in [-0.4, -0.2) is 28.4 Å². The molecule has 2 amide bonds. The van der Waals surface area contributed by atoms with Crippen molar-refractivity contribution < 1.29 is 37.4 Å². The summed E-state index contributed by atoms with van der Waals surface area (Å²) in [7, 11) is 0. The first-order valence-electron chi connectivity index (χ1n) is 13.4. The van der Waals surface area contributed by atoms with Gasteiger partial charge in [0.25, 0.3) is 0 Å². The molecule has 2 aliphatic heterocycles. The zero-order valence-corrected chi connectivity index (χ0v) is 22.7. The monoisotopic (exact) mass is 566 g/mol. The van der Waals surface area contributed by atoms with Gasteiger partial charge in [-0.25, -0.2) is 4.90 Å². The number of ether oxygens (including phenoxy) is 1. The van der Waals surface area contributed by atoms with E-state index in [9.17, 15) is 32.7 Å². The summed E-state index contributed by atoms with van der Waals surface area (Å²) in [5.41, 5.74) is -0.0138. The van der Waals surface area contributed by atoms with Crippen LogP contribution in [0.3, 0.4) is 0 Å². The van der Waals surface area contributed by atoms with E-state index in [1.54, 1.807) is 24.3 Å². The fraction of sp³-hybridized carbons (Fsp3) is 0.323. The molecule has 0 aromatic heterocycles. The molecule has 3 aromatic rings. The van der Waals surface area contributed by atoms with Gasteiger partial charge >= 0.3 is 12.1 Å². The Labute approximate surface area is 234 Å². The summed E-state index contributed by atoms with van der Waals surface area (Å²) in [4.78, 5) is 41.7. The number of nitrogens with one attached hydrogen (secondary N) is 1. The lowest BCUT2D eigenvalue weighted by Gasteiger charge is -2.29. The molecule has 0 radical (unpaired) electrons. The number of carboxylic acids is 1. The predicted octanol–water partition coefficient (Wildman–Crippen LogP) is 5.92. The van der Waals surface area contributed by atoms with Gasteiger partial charge in [0, 0.05) is 6.04 Å².